The van der Waals surface area contributed by atoms with Gasteiger partial charge in [-0.25, -0.2) is 8.42 Å². The van der Waals surface area contributed by atoms with Gasteiger partial charge in [0.05, 0.1) is 4.90 Å². The van der Waals surface area contributed by atoms with Crippen LogP contribution in [0.1, 0.15) is 5.56 Å². The van der Waals surface area contributed by atoms with Crippen molar-refractivity contribution in [3.63, 3.8) is 0 Å². The first-order chi connectivity index (χ1) is 9.51. The maximum atomic E-state index is 12.2. The molecule has 6 heteroatoms. The zero-order valence-electron chi connectivity index (χ0n) is 10.8. The Morgan fingerprint density at radius 2 is 1.80 bits per heavy atom. The third kappa shape index (κ3) is 3.49. The molecule has 0 aliphatic heterocycles. The third-order valence-electron chi connectivity index (χ3n) is 2.78. The van der Waals surface area contributed by atoms with Crippen molar-refractivity contribution in [2.45, 2.75) is 11.3 Å². The first-order valence-electron chi connectivity index (χ1n) is 6.09. The van der Waals surface area contributed by atoms with Crippen molar-refractivity contribution in [2.24, 2.45) is 0 Å². The standard InChI is InChI=1S/C14H16N2O3S/c15-12-2-1-3-14(10-12)20(18,19)16-13-6-4-11(5-7-13)8-9-17/h1-7,10,16-17H,8-9,15H2. The van der Waals surface area contributed by atoms with Gasteiger partial charge in [0, 0.05) is 18.0 Å². The molecule has 0 spiro atoms. The Balaban J connectivity index is 2.20. The first kappa shape index (κ1) is 14.4. The van der Waals surface area contributed by atoms with E-state index in [4.69, 9.17) is 10.8 Å². The molecule has 0 aromatic heterocycles. The van der Waals surface area contributed by atoms with E-state index >= 15 is 0 Å². The van der Waals surface area contributed by atoms with Gasteiger partial charge in [-0.05, 0) is 42.3 Å². The zero-order chi connectivity index (χ0) is 14.6. The monoisotopic (exact) mass is 292 g/mol. The molecule has 0 aliphatic rings. The van der Waals surface area contributed by atoms with Crippen LogP contribution in [0.4, 0.5) is 11.4 Å². The van der Waals surface area contributed by atoms with Gasteiger partial charge in [0.1, 0.15) is 0 Å². The van der Waals surface area contributed by atoms with Gasteiger partial charge < -0.3 is 10.8 Å². The number of rotatable bonds is 5. The first-order valence-corrected chi connectivity index (χ1v) is 7.58. The molecule has 0 saturated heterocycles. The van der Waals surface area contributed by atoms with Gasteiger partial charge in [-0.1, -0.05) is 18.2 Å². The highest BCUT2D eigenvalue weighted by molar-refractivity contribution is 7.92. The smallest absolute Gasteiger partial charge is 0.261 e. The summed E-state index contributed by atoms with van der Waals surface area (Å²) >= 11 is 0. The minimum atomic E-state index is -3.64. The molecule has 0 radical (unpaired) electrons. The Hall–Kier alpha value is -2.05. The summed E-state index contributed by atoms with van der Waals surface area (Å²) in [5.74, 6) is 0. The summed E-state index contributed by atoms with van der Waals surface area (Å²) in [6.07, 6.45) is 0.544. The van der Waals surface area contributed by atoms with Crippen molar-refractivity contribution < 1.29 is 13.5 Å². The van der Waals surface area contributed by atoms with Crippen LogP contribution in [0, 0.1) is 0 Å². The van der Waals surface area contributed by atoms with Gasteiger partial charge in [0.25, 0.3) is 10.0 Å². The lowest BCUT2D eigenvalue weighted by atomic mass is 10.1. The Morgan fingerprint density at radius 3 is 2.40 bits per heavy atom. The molecular formula is C14H16N2O3S. The fraction of sp³-hybridized carbons (Fsp3) is 0.143. The lowest BCUT2D eigenvalue weighted by Crippen LogP contribution is -2.13. The van der Waals surface area contributed by atoms with Crippen LogP contribution < -0.4 is 10.5 Å². The van der Waals surface area contributed by atoms with Crippen molar-refractivity contribution >= 4 is 21.4 Å². The number of benzene rings is 2. The number of nitrogens with two attached hydrogens (primary N) is 1. The van der Waals surface area contributed by atoms with Gasteiger partial charge >= 0.3 is 0 Å². The lowest BCUT2D eigenvalue weighted by molar-refractivity contribution is 0.299. The molecule has 2 rings (SSSR count). The molecule has 0 bridgehead atoms. The molecule has 0 aliphatic carbocycles. The minimum absolute atomic E-state index is 0.0639. The molecule has 0 fully saturated rings. The Morgan fingerprint density at radius 1 is 1.10 bits per heavy atom. The predicted octanol–water partition coefficient (Wildman–Crippen LogP) is 1.60. The van der Waals surface area contributed by atoms with E-state index in [1.807, 2.05) is 0 Å². The topological polar surface area (TPSA) is 92.4 Å². The SMILES string of the molecule is Nc1cccc(S(=O)(=O)Nc2ccc(CCO)cc2)c1. The fourth-order valence-corrected chi connectivity index (χ4v) is 2.88. The largest absolute Gasteiger partial charge is 0.399 e. The van der Waals surface area contributed by atoms with Crippen LogP contribution in [0.5, 0.6) is 0 Å². The molecule has 5 nitrogen and oxygen atoms in total. The van der Waals surface area contributed by atoms with Gasteiger partial charge in [-0.15, -0.1) is 0 Å². The van der Waals surface area contributed by atoms with E-state index in [2.05, 4.69) is 4.72 Å². The highest BCUT2D eigenvalue weighted by Crippen LogP contribution is 2.18. The summed E-state index contributed by atoms with van der Waals surface area (Å²) in [5.41, 5.74) is 7.39. The number of hydrogen-bond acceptors (Lipinski definition) is 4. The maximum absolute atomic E-state index is 12.2. The fourth-order valence-electron chi connectivity index (χ4n) is 1.76. The molecule has 2 aromatic rings. The van der Waals surface area contributed by atoms with Gasteiger partial charge in [0.2, 0.25) is 0 Å². The summed E-state index contributed by atoms with van der Waals surface area (Å²) in [4.78, 5) is 0.122. The van der Waals surface area contributed by atoms with E-state index < -0.39 is 10.0 Å². The van der Waals surface area contributed by atoms with Crippen LogP contribution in [0.2, 0.25) is 0 Å². The van der Waals surface area contributed by atoms with Crippen molar-refractivity contribution in [3.05, 3.63) is 54.1 Å². The number of anilines is 2. The second-order valence-electron chi connectivity index (χ2n) is 4.35. The van der Waals surface area contributed by atoms with Crippen LogP contribution in [0.3, 0.4) is 0 Å². The van der Waals surface area contributed by atoms with E-state index in [0.717, 1.165) is 5.56 Å². The quantitative estimate of drug-likeness (QED) is 0.730. The second-order valence-corrected chi connectivity index (χ2v) is 6.03. The average Bonchev–Trinajstić information content (AvgIpc) is 2.41. The van der Waals surface area contributed by atoms with Crippen LogP contribution in [-0.4, -0.2) is 20.1 Å². The molecule has 20 heavy (non-hydrogen) atoms. The predicted molar refractivity (Wildman–Crippen MR) is 78.9 cm³/mol. The minimum Gasteiger partial charge on any atom is -0.399 e. The molecule has 4 N–H and O–H groups in total. The number of aliphatic hydroxyl groups is 1. The highest BCUT2D eigenvalue weighted by Gasteiger charge is 2.14. The van der Waals surface area contributed by atoms with E-state index in [0.29, 0.717) is 17.8 Å². The van der Waals surface area contributed by atoms with Crippen LogP contribution in [0.15, 0.2) is 53.4 Å². The van der Waals surface area contributed by atoms with Crippen molar-refractivity contribution in [1.29, 1.82) is 0 Å². The summed E-state index contributed by atoms with van der Waals surface area (Å²) in [6, 6.07) is 13.0. The zero-order valence-corrected chi connectivity index (χ0v) is 11.6. The number of aliphatic hydroxyl groups excluding tert-OH is 1. The van der Waals surface area contributed by atoms with E-state index in [1.165, 1.54) is 12.1 Å². The van der Waals surface area contributed by atoms with Crippen molar-refractivity contribution in [2.75, 3.05) is 17.1 Å². The van der Waals surface area contributed by atoms with E-state index in [-0.39, 0.29) is 11.5 Å². The second kappa shape index (κ2) is 5.94. The number of hydrogen-bond donors (Lipinski definition) is 3. The summed E-state index contributed by atoms with van der Waals surface area (Å²) in [5, 5.41) is 8.83. The Labute approximate surface area is 118 Å². The Kier molecular flexibility index (Phi) is 4.26. The number of nitrogen functional groups attached to an aromatic ring is 1. The van der Waals surface area contributed by atoms with Gasteiger partial charge in [0.15, 0.2) is 0 Å². The van der Waals surface area contributed by atoms with Gasteiger partial charge in [-0.3, -0.25) is 4.72 Å². The van der Waals surface area contributed by atoms with Crippen molar-refractivity contribution in [3.8, 4) is 0 Å². The van der Waals surface area contributed by atoms with Crippen LogP contribution in [-0.2, 0) is 16.4 Å². The van der Waals surface area contributed by atoms with Crippen molar-refractivity contribution in [1.82, 2.24) is 0 Å². The number of sulfonamides is 1. The summed E-state index contributed by atoms with van der Waals surface area (Å²) in [6.45, 7) is 0.0639. The molecule has 0 unspecified atom stereocenters. The summed E-state index contributed by atoms with van der Waals surface area (Å²) in [7, 11) is -3.64. The molecule has 106 valence electrons. The van der Waals surface area contributed by atoms with Crippen LogP contribution in [0.25, 0.3) is 0 Å². The Bertz CT molecular complexity index is 682. The third-order valence-corrected chi connectivity index (χ3v) is 4.15. The normalized spacial score (nSPS) is 11.2. The maximum Gasteiger partial charge on any atom is 0.261 e. The van der Waals surface area contributed by atoms with Crippen LogP contribution >= 0.6 is 0 Å². The lowest BCUT2D eigenvalue weighted by Gasteiger charge is -2.09. The van der Waals surface area contributed by atoms with E-state index in [1.54, 1.807) is 36.4 Å². The number of nitrogens with one attached hydrogen (secondary N) is 1. The molecule has 0 heterocycles. The summed E-state index contributed by atoms with van der Waals surface area (Å²) < 4.78 is 26.8. The molecule has 2 aromatic carbocycles. The molecule has 0 amide bonds. The van der Waals surface area contributed by atoms with Gasteiger partial charge in [-0.2, -0.15) is 0 Å². The molecule has 0 saturated carbocycles. The molecule has 0 atom stereocenters. The van der Waals surface area contributed by atoms with E-state index in [9.17, 15) is 8.42 Å². The highest BCUT2D eigenvalue weighted by atomic mass is 32.2. The average molecular weight is 292 g/mol. The molecular weight excluding hydrogens is 276 g/mol.